The van der Waals surface area contributed by atoms with E-state index in [9.17, 15) is 14.5 Å². The van der Waals surface area contributed by atoms with Gasteiger partial charge in [0.1, 0.15) is 11.5 Å². The molecule has 0 spiro atoms. The van der Waals surface area contributed by atoms with Gasteiger partial charge in [-0.05, 0) is 30.3 Å². The predicted octanol–water partition coefficient (Wildman–Crippen LogP) is 5.00. The van der Waals surface area contributed by atoms with Crippen LogP contribution < -0.4 is 5.32 Å². The molecule has 0 heterocycles. The maximum absolute atomic E-state index is 13.7. The second-order valence-electron chi connectivity index (χ2n) is 3.67. The molecule has 98 valence electrons. The van der Waals surface area contributed by atoms with E-state index in [1.807, 2.05) is 0 Å². The molecule has 0 amide bonds. The SMILES string of the molecule is O=[N+]([O-])c1cc(Br)ccc1Nc1ccc(Br)cc1F. The second-order valence-corrected chi connectivity index (χ2v) is 5.50. The van der Waals surface area contributed by atoms with Crippen molar-refractivity contribution in [1.82, 2.24) is 0 Å². The summed E-state index contributed by atoms with van der Waals surface area (Å²) in [5.74, 6) is -0.494. The van der Waals surface area contributed by atoms with Crippen LogP contribution in [0.4, 0.5) is 21.5 Å². The molecule has 0 radical (unpaired) electrons. The Morgan fingerprint density at radius 3 is 2.21 bits per heavy atom. The van der Waals surface area contributed by atoms with E-state index in [4.69, 9.17) is 0 Å². The van der Waals surface area contributed by atoms with Gasteiger partial charge in [0.2, 0.25) is 0 Å². The Labute approximate surface area is 125 Å². The molecule has 2 rings (SSSR count). The van der Waals surface area contributed by atoms with Gasteiger partial charge in [-0.15, -0.1) is 0 Å². The number of nitro benzene ring substituents is 1. The lowest BCUT2D eigenvalue weighted by molar-refractivity contribution is -0.384. The molecule has 0 fully saturated rings. The lowest BCUT2D eigenvalue weighted by Crippen LogP contribution is -1.98. The quantitative estimate of drug-likeness (QED) is 0.593. The number of halogens is 3. The van der Waals surface area contributed by atoms with Gasteiger partial charge in [-0.2, -0.15) is 0 Å². The molecule has 0 unspecified atom stereocenters. The number of anilines is 2. The second kappa shape index (κ2) is 5.66. The zero-order valence-corrected chi connectivity index (χ0v) is 12.5. The summed E-state index contributed by atoms with van der Waals surface area (Å²) in [5.41, 5.74) is 0.278. The standard InChI is InChI=1S/C12H7Br2FN2O2/c13-7-1-3-10(9(15)5-7)16-11-4-2-8(14)6-12(11)17(18)19/h1-6,16H. The lowest BCUT2D eigenvalue weighted by Gasteiger charge is -2.08. The Morgan fingerprint density at radius 2 is 1.63 bits per heavy atom. The molecule has 1 N–H and O–H groups in total. The normalized spacial score (nSPS) is 10.3. The van der Waals surface area contributed by atoms with E-state index >= 15 is 0 Å². The highest BCUT2D eigenvalue weighted by molar-refractivity contribution is 9.10. The summed E-state index contributed by atoms with van der Waals surface area (Å²) in [6.45, 7) is 0. The molecule has 0 bridgehead atoms. The molecule has 0 aliphatic carbocycles. The number of benzene rings is 2. The molecular formula is C12H7Br2FN2O2. The molecule has 19 heavy (non-hydrogen) atoms. The number of rotatable bonds is 3. The fourth-order valence-electron chi connectivity index (χ4n) is 1.50. The van der Waals surface area contributed by atoms with E-state index in [1.54, 1.807) is 12.1 Å². The maximum Gasteiger partial charge on any atom is 0.293 e. The monoisotopic (exact) mass is 388 g/mol. The van der Waals surface area contributed by atoms with E-state index < -0.39 is 10.7 Å². The third-order valence-electron chi connectivity index (χ3n) is 2.36. The van der Waals surface area contributed by atoms with Crippen molar-refractivity contribution in [3.63, 3.8) is 0 Å². The zero-order chi connectivity index (χ0) is 14.0. The number of hydrogen-bond donors (Lipinski definition) is 1. The number of nitrogens with one attached hydrogen (secondary N) is 1. The third-order valence-corrected chi connectivity index (χ3v) is 3.34. The van der Waals surface area contributed by atoms with Crippen LogP contribution in [0.1, 0.15) is 0 Å². The Balaban J connectivity index is 2.40. The first-order valence-electron chi connectivity index (χ1n) is 5.13. The van der Waals surface area contributed by atoms with Gasteiger partial charge in [0.15, 0.2) is 0 Å². The molecule has 0 saturated heterocycles. The molecule has 7 heteroatoms. The molecule has 0 saturated carbocycles. The van der Waals surface area contributed by atoms with Crippen LogP contribution in [0.25, 0.3) is 0 Å². The van der Waals surface area contributed by atoms with Crippen molar-refractivity contribution in [2.75, 3.05) is 5.32 Å². The third kappa shape index (κ3) is 3.30. The van der Waals surface area contributed by atoms with E-state index in [1.165, 1.54) is 24.3 Å². The fraction of sp³-hybridized carbons (Fsp3) is 0. The first kappa shape index (κ1) is 14.0. The minimum Gasteiger partial charge on any atom is -0.348 e. The zero-order valence-electron chi connectivity index (χ0n) is 9.36. The van der Waals surface area contributed by atoms with E-state index in [0.717, 1.165) is 0 Å². The van der Waals surface area contributed by atoms with Gasteiger partial charge in [-0.3, -0.25) is 10.1 Å². The van der Waals surface area contributed by atoms with Gasteiger partial charge in [0, 0.05) is 15.0 Å². The van der Waals surface area contributed by atoms with Crippen LogP contribution in [0.5, 0.6) is 0 Å². The summed E-state index contributed by atoms with van der Waals surface area (Å²) >= 11 is 6.31. The molecule has 0 aliphatic heterocycles. The molecule has 0 aromatic heterocycles. The maximum atomic E-state index is 13.7. The predicted molar refractivity (Wildman–Crippen MR) is 78.2 cm³/mol. The van der Waals surface area contributed by atoms with Crippen LogP contribution in [0.2, 0.25) is 0 Å². The summed E-state index contributed by atoms with van der Waals surface area (Å²) in [6, 6.07) is 8.96. The fourth-order valence-corrected chi connectivity index (χ4v) is 2.18. The van der Waals surface area contributed by atoms with Crippen LogP contribution in [-0.2, 0) is 0 Å². The summed E-state index contributed by atoms with van der Waals surface area (Å²) in [5, 5.41) is 13.7. The molecule has 2 aromatic rings. The topological polar surface area (TPSA) is 55.2 Å². The van der Waals surface area contributed by atoms with Crippen LogP contribution >= 0.6 is 31.9 Å². The first-order chi connectivity index (χ1) is 8.97. The molecule has 0 aliphatic rings. The highest BCUT2D eigenvalue weighted by Crippen LogP contribution is 2.31. The van der Waals surface area contributed by atoms with Crippen LogP contribution in [0, 0.1) is 15.9 Å². The summed E-state index contributed by atoms with van der Waals surface area (Å²) < 4.78 is 14.9. The van der Waals surface area contributed by atoms with Crippen LogP contribution in [-0.4, -0.2) is 4.92 Å². The van der Waals surface area contributed by atoms with Crippen molar-refractivity contribution in [1.29, 1.82) is 0 Å². The van der Waals surface area contributed by atoms with Crippen LogP contribution in [0.3, 0.4) is 0 Å². The highest BCUT2D eigenvalue weighted by atomic mass is 79.9. The van der Waals surface area contributed by atoms with Crippen molar-refractivity contribution < 1.29 is 9.31 Å². The van der Waals surface area contributed by atoms with Crippen molar-refractivity contribution in [3.8, 4) is 0 Å². The van der Waals surface area contributed by atoms with Gasteiger partial charge in [-0.1, -0.05) is 31.9 Å². The summed E-state index contributed by atoms with van der Waals surface area (Å²) in [4.78, 5) is 10.4. The molecule has 0 atom stereocenters. The van der Waals surface area contributed by atoms with E-state index in [-0.39, 0.29) is 17.1 Å². The Bertz CT molecular complexity index is 650. The smallest absolute Gasteiger partial charge is 0.293 e. The number of hydrogen-bond acceptors (Lipinski definition) is 3. The summed E-state index contributed by atoms with van der Waals surface area (Å²) in [7, 11) is 0. The largest absolute Gasteiger partial charge is 0.348 e. The number of nitro groups is 1. The Morgan fingerprint density at radius 1 is 1.05 bits per heavy atom. The van der Waals surface area contributed by atoms with Gasteiger partial charge in [0.25, 0.3) is 5.69 Å². The minimum atomic E-state index is -0.524. The van der Waals surface area contributed by atoms with Crippen molar-refractivity contribution >= 4 is 48.9 Å². The Kier molecular flexibility index (Phi) is 4.16. The molecule has 2 aromatic carbocycles. The van der Waals surface area contributed by atoms with Crippen molar-refractivity contribution in [2.24, 2.45) is 0 Å². The van der Waals surface area contributed by atoms with Gasteiger partial charge < -0.3 is 5.32 Å². The van der Waals surface area contributed by atoms with Crippen LogP contribution in [0.15, 0.2) is 45.3 Å². The van der Waals surface area contributed by atoms with Gasteiger partial charge in [0.05, 0.1) is 10.6 Å². The average Bonchev–Trinajstić information content (AvgIpc) is 2.34. The summed E-state index contributed by atoms with van der Waals surface area (Å²) in [6.07, 6.45) is 0. The minimum absolute atomic E-state index is 0.128. The molecular weight excluding hydrogens is 383 g/mol. The van der Waals surface area contributed by atoms with Gasteiger partial charge in [-0.25, -0.2) is 4.39 Å². The first-order valence-corrected chi connectivity index (χ1v) is 6.72. The number of nitrogens with zero attached hydrogens (tertiary/aromatic N) is 1. The van der Waals surface area contributed by atoms with Crippen molar-refractivity contribution in [2.45, 2.75) is 0 Å². The average molecular weight is 390 g/mol. The van der Waals surface area contributed by atoms with Gasteiger partial charge >= 0.3 is 0 Å². The Hall–Kier alpha value is -1.47. The highest BCUT2D eigenvalue weighted by Gasteiger charge is 2.15. The van der Waals surface area contributed by atoms with E-state index in [2.05, 4.69) is 37.2 Å². The van der Waals surface area contributed by atoms with Crippen molar-refractivity contribution in [3.05, 3.63) is 61.3 Å². The van der Waals surface area contributed by atoms with E-state index in [0.29, 0.717) is 8.95 Å². The molecule has 4 nitrogen and oxygen atoms in total. The lowest BCUT2D eigenvalue weighted by atomic mass is 10.2.